The lowest BCUT2D eigenvalue weighted by Gasteiger charge is -2.38. The van der Waals surface area contributed by atoms with Crippen LogP contribution in [0.4, 0.5) is 4.39 Å². The summed E-state index contributed by atoms with van der Waals surface area (Å²) in [4.78, 5) is 18.1. The van der Waals surface area contributed by atoms with Gasteiger partial charge in [-0.15, -0.1) is 0 Å². The summed E-state index contributed by atoms with van der Waals surface area (Å²) in [6.45, 7) is 2.84. The summed E-state index contributed by atoms with van der Waals surface area (Å²) in [7, 11) is 1.58. The van der Waals surface area contributed by atoms with Crippen LogP contribution in [0.2, 0.25) is 0 Å². The minimum Gasteiger partial charge on any atom is -0.497 e. The average Bonchev–Trinajstić information content (AvgIpc) is 3.62. The minimum atomic E-state index is -0.748. The van der Waals surface area contributed by atoms with Gasteiger partial charge in [0, 0.05) is 47.5 Å². The summed E-state index contributed by atoms with van der Waals surface area (Å²) in [5.41, 5.74) is 7.65. The molecule has 2 aliphatic rings. The van der Waals surface area contributed by atoms with Crippen LogP contribution in [-0.4, -0.2) is 58.7 Å². The van der Waals surface area contributed by atoms with Crippen molar-refractivity contribution >= 4 is 28.6 Å². The molecule has 0 amide bonds. The van der Waals surface area contributed by atoms with Gasteiger partial charge in [-0.05, 0) is 68.7 Å². The first kappa shape index (κ1) is 24.2. The Morgan fingerprint density at radius 1 is 1.36 bits per heavy atom. The zero-order valence-corrected chi connectivity index (χ0v) is 20.0. The van der Waals surface area contributed by atoms with Crippen LogP contribution in [0.25, 0.3) is 10.9 Å². The SMILES string of the molecule is COc1ccc2ncc(F)c(C(N)CCC3CCN(CCSC4CC4)CC3CC(=O)O)c2c1. The van der Waals surface area contributed by atoms with Crippen LogP contribution < -0.4 is 10.5 Å². The minimum absolute atomic E-state index is 0.105. The molecule has 3 atom stereocenters. The summed E-state index contributed by atoms with van der Waals surface area (Å²) < 4.78 is 20.1. The maximum Gasteiger partial charge on any atom is 0.303 e. The maximum atomic E-state index is 14.8. The second-order valence-electron chi connectivity index (χ2n) is 9.36. The van der Waals surface area contributed by atoms with Gasteiger partial charge in [0.25, 0.3) is 0 Å². The van der Waals surface area contributed by atoms with Crippen molar-refractivity contribution in [2.75, 3.05) is 32.5 Å². The molecule has 1 aliphatic heterocycles. The van der Waals surface area contributed by atoms with Gasteiger partial charge >= 0.3 is 5.97 Å². The highest BCUT2D eigenvalue weighted by molar-refractivity contribution is 8.00. The number of carboxylic acids is 1. The van der Waals surface area contributed by atoms with E-state index in [4.69, 9.17) is 10.5 Å². The van der Waals surface area contributed by atoms with Gasteiger partial charge in [-0.3, -0.25) is 9.78 Å². The number of aliphatic carboxylic acids is 1. The summed E-state index contributed by atoms with van der Waals surface area (Å²) in [6, 6.07) is 4.91. The number of methoxy groups -OCH3 is 1. The number of fused-ring (bicyclic) bond motifs is 1. The third-order valence-corrected chi connectivity index (χ3v) is 8.35. The molecule has 1 saturated carbocycles. The van der Waals surface area contributed by atoms with Gasteiger partial charge in [0.2, 0.25) is 0 Å². The van der Waals surface area contributed by atoms with Gasteiger partial charge in [0.05, 0.1) is 18.8 Å². The number of nitrogens with two attached hydrogens (primary N) is 1. The number of nitrogens with zero attached hydrogens (tertiary/aromatic N) is 2. The Hall–Kier alpha value is -1.90. The molecule has 6 nitrogen and oxygen atoms in total. The van der Waals surface area contributed by atoms with E-state index in [1.54, 1.807) is 19.2 Å². The van der Waals surface area contributed by atoms with Crippen molar-refractivity contribution in [1.82, 2.24) is 9.88 Å². The molecule has 0 radical (unpaired) electrons. The molecule has 3 N–H and O–H groups in total. The van der Waals surface area contributed by atoms with Crippen molar-refractivity contribution in [2.24, 2.45) is 17.6 Å². The number of hydrogen-bond donors (Lipinski definition) is 2. The maximum absolute atomic E-state index is 14.8. The molecule has 33 heavy (non-hydrogen) atoms. The largest absolute Gasteiger partial charge is 0.497 e. The number of hydrogen-bond acceptors (Lipinski definition) is 6. The molecule has 1 aromatic heterocycles. The number of aromatic nitrogens is 1. The van der Waals surface area contributed by atoms with Crippen molar-refractivity contribution < 1.29 is 19.0 Å². The van der Waals surface area contributed by atoms with Crippen LogP contribution in [0.1, 0.15) is 50.1 Å². The van der Waals surface area contributed by atoms with Gasteiger partial charge in [-0.25, -0.2) is 4.39 Å². The fourth-order valence-electron chi connectivity index (χ4n) is 4.99. The van der Waals surface area contributed by atoms with E-state index < -0.39 is 17.8 Å². The Kier molecular flexibility index (Phi) is 8.09. The molecular weight excluding hydrogens is 441 g/mol. The lowest BCUT2D eigenvalue weighted by atomic mass is 9.79. The van der Waals surface area contributed by atoms with Gasteiger partial charge in [-0.2, -0.15) is 11.8 Å². The van der Waals surface area contributed by atoms with E-state index in [2.05, 4.69) is 9.88 Å². The molecule has 180 valence electrons. The zero-order chi connectivity index (χ0) is 23.4. The molecular formula is C25H34FN3O3S. The Morgan fingerprint density at radius 2 is 2.18 bits per heavy atom. The molecule has 8 heteroatoms. The van der Waals surface area contributed by atoms with Crippen LogP contribution in [0, 0.1) is 17.7 Å². The van der Waals surface area contributed by atoms with Crippen LogP contribution >= 0.6 is 11.8 Å². The second kappa shape index (κ2) is 11.0. The quantitative estimate of drug-likeness (QED) is 0.496. The Morgan fingerprint density at radius 3 is 2.91 bits per heavy atom. The summed E-state index contributed by atoms with van der Waals surface area (Å²) in [5, 5.41) is 11.0. The van der Waals surface area contributed by atoms with E-state index in [-0.39, 0.29) is 18.3 Å². The van der Waals surface area contributed by atoms with Crippen LogP contribution in [-0.2, 0) is 4.79 Å². The number of benzene rings is 1. The number of halogens is 1. The van der Waals surface area contributed by atoms with Crippen molar-refractivity contribution in [2.45, 2.75) is 49.8 Å². The van der Waals surface area contributed by atoms with E-state index in [9.17, 15) is 14.3 Å². The number of likely N-dealkylation sites (tertiary alicyclic amines) is 1. The molecule has 2 heterocycles. The number of piperidine rings is 1. The second-order valence-corrected chi connectivity index (χ2v) is 10.8. The zero-order valence-electron chi connectivity index (χ0n) is 19.2. The highest BCUT2D eigenvalue weighted by atomic mass is 32.2. The lowest BCUT2D eigenvalue weighted by Crippen LogP contribution is -2.42. The van der Waals surface area contributed by atoms with Crippen molar-refractivity contribution in [3.05, 3.63) is 35.8 Å². The monoisotopic (exact) mass is 475 g/mol. The number of carbonyl (C=O) groups is 1. The van der Waals surface area contributed by atoms with E-state index in [0.717, 1.165) is 43.5 Å². The van der Waals surface area contributed by atoms with E-state index >= 15 is 0 Å². The first-order chi connectivity index (χ1) is 15.9. The fraction of sp³-hybridized carbons (Fsp3) is 0.600. The molecule has 0 spiro atoms. The van der Waals surface area contributed by atoms with Gasteiger partial charge in [-0.1, -0.05) is 0 Å². The Bertz CT molecular complexity index is 971. The number of ether oxygens (including phenoxy) is 1. The van der Waals surface area contributed by atoms with Crippen LogP contribution in [0.5, 0.6) is 5.75 Å². The number of thioether (sulfide) groups is 1. The molecule has 0 bridgehead atoms. The van der Waals surface area contributed by atoms with Gasteiger partial charge in [0.15, 0.2) is 0 Å². The van der Waals surface area contributed by atoms with E-state index in [1.165, 1.54) is 19.0 Å². The van der Waals surface area contributed by atoms with Crippen LogP contribution in [0.3, 0.4) is 0 Å². The lowest BCUT2D eigenvalue weighted by molar-refractivity contribution is -0.139. The van der Waals surface area contributed by atoms with Crippen LogP contribution in [0.15, 0.2) is 24.4 Å². The Balaban J connectivity index is 1.40. The van der Waals surface area contributed by atoms with E-state index in [1.807, 2.05) is 17.8 Å². The number of pyridine rings is 1. The fourth-order valence-corrected chi connectivity index (χ4v) is 6.15. The molecule has 4 rings (SSSR count). The van der Waals surface area contributed by atoms with Gasteiger partial charge < -0.3 is 20.5 Å². The van der Waals surface area contributed by atoms with Gasteiger partial charge in [0.1, 0.15) is 11.6 Å². The summed E-state index contributed by atoms with van der Waals surface area (Å²) >= 11 is 2.04. The predicted octanol–water partition coefficient (Wildman–Crippen LogP) is 4.47. The van der Waals surface area contributed by atoms with Crippen molar-refractivity contribution in [3.63, 3.8) is 0 Å². The molecule has 3 unspecified atom stereocenters. The molecule has 2 fully saturated rings. The highest BCUT2D eigenvalue weighted by Crippen LogP contribution is 2.36. The standard InChI is InChI=1S/C25H34FN3O3S/c1-32-18-3-7-23-20(13-18)25(21(26)14-28-23)22(27)6-2-16-8-9-29(10-11-33-19-4-5-19)15-17(16)12-24(30)31/h3,7,13-14,16-17,19,22H,2,4-6,8-12,15,27H2,1H3,(H,30,31). The average molecular weight is 476 g/mol. The smallest absolute Gasteiger partial charge is 0.303 e. The molecule has 1 aliphatic carbocycles. The number of carboxylic acid groups (broad SMARTS) is 1. The highest BCUT2D eigenvalue weighted by Gasteiger charge is 2.31. The first-order valence-corrected chi connectivity index (χ1v) is 12.9. The third kappa shape index (κ3) is 6.37. The van der Waals surface area contributed by atoms with Crippen molar-refractivity contribution in [1.29, 1.82) is 0 Å². The Labute approximate surface area is 199 Å². The summed E-state index contributed by atoms with van der Waals surface area (Å²) in [6.07, 6.45) is 6.45. The molecule has 1 saturated heterocycles. The molecule has 1 aromatic carbocycles. The van der Waals surface area contributed by atoms with Crippen molar-refractivity contribution in [3.8, 4) is 5.75 Å². The van der Waals surface area contributed by atoms with E-state index in [0.29, 0.717) is 28.6 Å². The predicted molar refractivity (Wildman–Crippen MR) is 130 cm³/mol. The molecule has 2 aromatic rings. The normalized spacial score (nSPS) is 22.4. The topological polar surface area (TPSA) is 88.7 Å². The summed E-state index contributed by atoms with van der Waals surface area (Å²) in [5.74, 6) is 0.989. The number of rotatable bonds is 11. The first-order valence-electron chi connectivity index (χ1n) is 11.9. The third-order valence-electron chi connectivity index (χ3n) is 6.99.